The molecule has 0 unspecified atom stereocenters. The minimum Gasteiger partial charge on any atom is -0.505 e. The third-order valence-electron chi connectivity index (χ3n) is 3.38. The third kappa shape index (κ3) is 3.58. The van der Waals surface area contributed by atoms with E-state index in [1.165, 1.54) is 39.3 Å². The largest absolute Gasteiger partial charge is 0.505 e. The van der Waals surface area contributed by atoms with E-state index in [1.54, 1.807) is 0 Å². The summed E-state index contributed by atoms with van der Waals surface area (Å²) in [5.41, 5.74) is 0. The van der Waals surface area contributed by atoms with Crippen molar-refractivity contribution >= 4 is 58.0 Å². The maximum Gasteiger partial charge on any atom is 0.155 e. The molecule has 1 aromatic carbocycles. The highest BCUT2D eigenvalue weighted by atomic mass is 35.5. The minimum atomic E-state index is -0.363. The van der Waals surface area contributed by atoms with Gasteiger partial charge in [-0.25, -0.2) is 0 Å². The normalized spacial score (nSPS) is 24.2. The maximum atomic E-state index is 9.20. The topological polar surface area (TPSA) is 26.7 Å². The summed E-state index contributed by atoms with van der Waals surface area (Å²) in [6, 6.07) is 0. The number of hydrogen-bond donors (Lipinski definition) is 1. The van der Waals surface area contributed by atoms with Crippen LogP contribution in [0, 0.1) is 0 Å². The molecule has 0 aromatic heterocycles. The van der Waals surface area contributed by atoms with Crippen LogP contribution in [0.25, 0.3) is 0 Å². The lowest BCUT2D eigenvalue weighted by atomic mass is 10.2. The van der Waals surface area contributed by atoms with E-state index < -0.39 is 0 Å². The quantitative estimate of drug-likeness (QED) is 0.539. The molecule has 0 saturated carbocycles. The van der Waals surface area contributed by atoms with E-state index in [1.807, 2.05) is 0 Å². The summed E-state index contributed by atoms with van der Waals surface area (Å²) in [7, 11) is 0. The van der Waals surface area contributed by atoms with Crippen molar-refractivity contribution in [3.63, 3.8) is 0 Å². The molecule has 0 spiro atoms. The molecule has 3 nitrogen and oxygen atoms in total. The second kappa shape index (κ2) is 7.10. The zero-order chi connectivity index (χ0) is 14.9. The Kier molecular flexibility index (Phi) is 5.95. The predicted molar refractivity (Wildman–Crippen MR) is 86.0 cm³/mol. The predicted octanol–water partition coefficient (Wildman–Crippen LogP) is 4.28. The number of benzene rings is 1. The van der Waals surface area contributed by atoms with Crippen LogP contribution in [-0.4, -0.2) is 54.2 Å². The molecule has 0 atom stereocenters. The van der Waals surface area contributed by atoms with Crippen molar-refractivity contribution in [3.8, 4) is 5.75 Å². The number of aromatic hydroxyl groups is 1. The zero-order valence-electron chi connectivity index (χ0n) is 10.5. The second-order valence-electron chi connectivity index (χ2n) is 4.60. The van der Waals surface area contributed by atoms with Gasteiger partial charge in [0.25, 0.3) is 0 Å². The van der Waals surface area contributed by atoms with Crippen molar-refractivity contribution in [3.05, 3.63) is 25.1 Å². The number of halogens is 5. The van der Waals surface area contributed by atoms with Crippen LogP contribution in [0.1, 0.15) is 0 Å². The summed E-state index contributed by atoms with van der Waals surface area (Å²) >= 11 is 27.9. The van der Waals surface area contributed by atoms with Gasteiger partial charge in [0.05, 0.1) is 15.1 Å². The first-order valence-corrected chi connectivity index (χ1v) is 7.96. The van der Waals surface area contributed by atoms with Crippen molar-refractivity contribution in [2.24, 2.45) is 0 Å². The van der Waals surface area contributed by atoms with Crippen LogP contribution in [0.4, 0.5) is 0 Å². The van der Waals surface area contributed by atoms with Crippen molar-refractivity contribution in [2.45, 2.75) is 0 Å². The first-order chi connectivity index (χ1) is 9.41. The Morgan fingerprint density at radius 2 is 0.800 bits per heavy atom. The van der Waals surface area contributed by atoms with Crippen LogP contribution in [0.2, 0.25) is 25.1 Å². The highest BCUT2D eigenvalue weighted by Crippen LogP contribution is 2.47. The van der Waals surface area contributed by atoms with Crippen LogP contribution >= 0.6 is 58.0 Å². The number of rotatable bonds is 0. The van der Waals surface area contributed by atoms with Crippen LogP contribution in [0.3, 0.4) is 0 Å². The summed E-state index contributed by atoms with van der Waals surface area (Å²) < 4.78 is 0. The Morgan fingerprint density at radius 1 is 0.550 bits per heavy atom. The molecule has 3 fully saturated rings. The van der Waals surface area contributed by atoms with Gasteiger partial charge in [-0.2, -0.15) is 0 Å². The average Bonchev–Trinajstić information content (AvgIpc) is 2.52. The van der Waals surface area contributed by atoms with Crippen LogP contribution in [-0.2, 0) is 0 Å². The van der Waals surface area contributed by atoms with Crippen molar-refractivity contribution in [1.82, 2.24) is 9.80 Å². The highest BCUT2D eigenvalue weighted by Gasteiger charge is 2.21. The average molecular weight is 379 g/mol. The smallest absolute Gasteiger partial charge is 0.155 e. The minimum absolute atomic E-state index is 0.00904. The Hall–Kier alpha value is 0.390. The number of hydrogen-bond acceptors (Lipinski definition) is 3. The molecule has 3 saturated heterocycles. The van der Waals surface area contributed by atoms with E-state index in [2.05, 4.69) is 9.80 Å². The highest BCUT2D eigenvalue weighted by molar-refractivity contribution is 6.55. The Morgan fingerprint density at radius 3 is 1.05 bits per heavy atom. The van der Waals surface area contributed by atoms with E-state index in [-0.39, 0.29) is 30.9 Å². The van der Waals surface area contributed by atoms with Gasteiger partial charge in [-0.15, -0.1) is 0 Å². The standard InChI is InChI=1S/C6HCl5O.C6H12N2/c7-1-2(8)4(10)6(12)5(11)3(1)9;1-2-8-5-3-7(1)4-6-8/h12H;1-6H2. The lowest BCUT2D eigenvalue weighted by Gasteiger charge is -2.41. The molecule has 3 aliphatic rings. The van der Waals surface area contributed by atoms with Gasteiger partial charge in [-0.3, -0.25) is 9.80 Å². The van der Waals surface area contributed by atoms with Gasteiger partial charge in [0.2, 0.25) is 0 Å². The molecule has 0 radical (unpaired) electrons. The number of phenolic OH excluding ortho intramolecular Hbond substituents is 1. The van der Waals surface area contributed by atoms with Crippen molar-refractivity contribution in [1.29, 1.82) is 0 Å². The number of fused-ring (bicyclic) bond motifs is 3. The number of piperazine rings is 3. The zero-order valence-corrected chi connectivity index (χ0v) is 14.3. The van der Waals surface area contributed by atoms with E-state index >= 15 is 0 Å². The van der Waals surface area contributed by atoms with Gasteiger partial charge >= 0.3 is 0 Å². The summed E-state index contributed by atoms with van der Waals surface area (Å²) in [4.78, 5) is 5.08. The monoisotopic (exact) mass is 376 g/mol. The Labute approximate surface area is 142 Å². The summed E-state index contributed by atoms with van der Waals surface area (Å²) in [5.74, 6) is -0.363. The van der Waals surface area contributed by atoms with Gasteiger partial charge in [-0.1, -0.05) is 58.0 Å². The van der Waals surface area contributed by atoms with Crippen LogP contribution in [0.15, 0.2) is 0 Å². The van der Waals surface area contributed by atoms with Crippen LogP contribution in [0.5, 0.6) is 5.75 Å². The first kappa shape index (κ1) is 16.8. The molecule has 3 aliphatic heterocycles. The fourth-order valence-electron chi connectivity index (χ4n) is 2.11. The number of nitrogens with zero attached hydrogens (tertiary/aromatic N) is 2. The summed E-state index contributed by atoms with van der Waals surface area (Å²) in [6.07, 6.45) is 0. The van der Waals surface area contributed by atoms with Crippen molar-refractivity contribution < 1.29 is 5.11 Å². The molecule has 1 aromatic rings. The maximum absolute atomic E-state index is 9.20. The molecule has 3 heterocycles. The lowest BCUT2D eigenvalue weighted by Crippen LogP contribution is -2.55. The van der Waals surface area contributed by atoms with E-state index in [0.717, 1.165) is 0 Å². The molecule has 1 N–H and O–H groups in total. The Balaban J connectivity index is 0.000000157. The molecule has 4 rings (SSSR count). The lowest BCUT2D eigenvalue weighted by molar-refractivity contribution is 0.0647. The third-order valence-corrected chi connectivity index (χ3v) is 5.64. The fraction of sp³-hybridized carbons (Fsp3) is 0.500. The molecule has 2 bridgehead atoms. The molecular formula is C12H13Cl5N2O. The number of phenols is 1. The molecule has 112 valence electrons. The first-order valence-electron chi connectivity index (χ1n) is 6.07. The summed E-state index contributed by atoms with van der Waals surface area (Å²) in [5, 5.41) is 9.01. The van der Waals surface area contributed by atoms with E-state index in [0.29, 0.717) is 0 Å². The fourth-order valence-corrected chi connectivity index (χ4v) is 3.24. The Bertz CT molecular complexity index is 375. The van der Waals surface area contributed by atoms with Gasteiger partial charge in [-0.05, 0) is 0 Å². The SMILES string of the molecule is C1CN2CCN1CC2.Oc1c(Cl)c(Cl)c(Cl)c(Cl)c1Cl. The van der Waals surface area contributed by atoms with E-state index in [9.17, 15) is 5.11 Å². The van der Waals surface area contributed by atoms with Gasteiger partial charge < -0.3 is 5.11 Å². The van der Waals surface area contributed by atoms with Crippen molar-refractivity contribution in [2.75, 3.05) is 39.3 Å². The van der Waals surface area contributed by atoms with Gasteiger partial charge in [0, 0.05) is 39.3 Å². The molecular weight excluding hydrogens is 365 g/mol. The van der Waals surface area contributed by atoms with Crippen LogP contribution < -0.4 is 0 Å². The van der Waals surface area contributed by atoms with Gasteiger partial charge in [0.1, 0.15) is 10.0 Å². The molecule has 20 heavy (non-hydrogen) atoms. The molecule has 0 amide bonds. The molecule has 8 heteroatoms. The van der Waals surface area contributed by atoms with E-state index in [4.69, 9.17) is 58.0 Å². The molecule has 0 aliphatic carbocycles. The van der Waals surface area contributed by atoms with Gasteiger partial charge in [0.15, 0.2) is 5.75 Å². The summed E-state index contributed by atoms with van der Waals surface area (Å²) in [6.45, 7) is 7.92. The second-order valence-corrected chi connectivity index (χ2v) is 6.49.